The summed E-state index contributed by atoms with van der Waals surface area (Å²) in [6, 6.07) is 13.3. The summed E-state index contributed by atoms with van der Waals surface area (Å²) < 4.78 is 0. The molecule has 7 nitrogen and oxygen atoms in total. The third-order valence-electron chi connectivity index (χ3n) is 3.66. The maximum absolute atomic E-state index is 11.4. The second-order valence-corrected chi connectivity index (χ2v) is 5.05. The van der Waals surface area contributed by atoms with Crippen LogP contribution in [0.5, 0.6) is 0 Å². The van der Waals surface area contributed by atoms with E-state index in [-0.39, 0.29) is 115 Å². The predicted molar refractivity (Wildman–Crippen MR) is 96.6 cm³/mol. The van der Waals surface area contributed by atoms with Gasteiger partial charge in [-0.1, -0.05) is 24.3 Å². The minimum absolute atomic E-state index is 0. The number of amides is 4. The van der Waals surface area contributed by atoms with Gasteiger partial charge in [0.1, 0.15) is 6.73 Å². The molecule has 4 rings (SSSR count). The van der Waals surface area contributed by atoms with Gasteiger partial charge in [0.15, 0.2) is 0 Å². The standard InChI is InChI=1S/C9H7NO3.C8H5NO2.2K.2H/c11-5-10-8(12)6-3-1-2-4-7(6)9(10)13;10-7-5-3-1-2-4-6(5)8(11)9-7;;;;/h1-4,11H,5H2;1-4H,(H,9,10,11);;;;. The number of hydrogen-bond donors (Lipinski definition) is 2. The quantitative estimate of drug-likeness (QED) is 0.493. The molecule has 0 saturated carbocycles. The van der Waals surface area contributed by atoms with E-state index in [4.69, 9.17) is 5.11 Å². The van der Waals surface area contributed by atoms with Crippen molar-refractivity contribution in [2.75, 3.05) is 6.73 Å². The van der Waals surface area contributed by atoms with Gasteiger partial charge in [0, 0.05) is 0 Å². The van der Waals surface area contributed by atoms with E-state index in [9.17, 15) is 19.2 Å². The molecule has 0 unspecified atom stereocenters. The summed E-state index contributed by atoms with van der Waals surface area (Å²) in [6.45, 7) is -0.563. The Bertz CT molecular complexity index is 817. The first kappa shape index (κ1) is 24.0. The number of benzene rings is 2. The van der Waals surface area contributed by atoms with Crippen LogP contribution in [-0.2, 0) is 0 Å². The summed E-state index contributed by atoms with van der Waals surface area (Å²) >= 11 is 0. The fourth-order valence-corrected chi connectivity index (χ4v) is 2.48. The number of aliphatic hydroxyl groups excluding tert-OH is 1. The van der Waals surface area contributed by atoms with Gasteiger partial charge < -0.3 is 5.11 Å². The Balaban J connectivity index is 0.000000244. The van der Waals surface area contributed by atoms with E-state index in [1.165, 1.54) is 0 Å². The number of fused-ring (bicyclic) bond motifs is 2. The average Bonchev–Trinajstić information content (AvgIpc) is 3.03. The molecule has 2 N–H and O–H groups in total. The molecule has 9 heteroatoms. The van der Waals surface area contributed by atoms with Crippen molar-refractivity contribution in [1.29, 1.82) is 0 Å². The van der Waals surface area contributed by atoms with Gasteiger partial charge in [0.25, 0.3) is 23.6 Å². The summed E-state index contributed by atoms with van der Waals surface area (Å²) in [5.74, 6) is -1.46. The van der Waals surface area contributed by atoms with Gasteiger partial charge in [-0.05, 0) is 24.3 Å². The first-order valence-corrected chi connectivity index (χ1v) is 7.05. The van der Waals surface area contributed by atoms with Crippen molar-refractivity contribution in [2.24, 2.45) is 0 Å². The topological polar surface area (TPSA) is 104 Å². The monoisotopic (exact) mass is 404 g/mol. The zero-order chi connectivity index (χ0) is 17.3. The fraction of sp³-hybridized carbons (Fsp3) is 0.0588. The number of rotatable bonds is 1. The molecule has 2 aromatic rings. The number of hydrogen-bond acceptors (Lipinski definition) is 5. The molecule has 0 fully saturated rings. The Morgan fingerprint density at radius 2 is 1.04 bits per heavy atom. The molecule has 2 aliphatic heterocycles. The van der Waals surface area contributed by atoms with Crippen LogP contribution in [0, 0.1) is 0 Å². The molecule has 0 aliphatic carbocycles. The van der Waals surface area contributed by atoms with E-state index in [0.29, 0.717) is 22.3 Å². The van der Waals surface area contributed by atoms with Crippen LogP contribution in [0.15, 0.2) is 48.5 Å². The molecule has 0 atom stereocenters. The van der Waals surface area contributed by atoms with Crippen molar-refractivity contribution in [2.45, 2.75) is 0 Å². The van der Waals surface area contributed by atoms with Crippen LogP contribution < -0.4 is 5.32 Å². The Labute approximate surface area is 234 Å². The molecule has 124 valence electrons. The second kappa shape index (κ2) is 10.5. The SMILES string of the molecule is O=C1NC(=O)c2ccccc21.O=C1c2ccccc2C(=O)N1CO.[KH].[KH]. The third-order valence-corrected chi connectivity index (χ3v) is 3.66. The Kier molecular flexibility index (Phi) is 9.67. The summed E-state index contributed by atoms with van der Waals surface area (Å²) in [6.07, 6.45) is 0. The molecule has 2 aromatic carbocycles. The third kappa shape index (κ3) is 4.68. The molecule has 4 amide bonds. The van der Waals surface area contributed by atoms with E-state index >= 15 is 0 Å². The maximum atomic E-state index is 11.4. The van der Waals surface area contributed by atoms with E-state index in [1.54, 1.807) is 48.5 Å². The number of imide groups is 2. The minimum atomic E-state index is -0.563. The first-order valence-electron chi connectivity index (χ1n) is 7.05. The van der Waals surface area contributed by atoms with E-state index in [1.807, 2.05) is 0 Å². The Morgan fingerprint density at radius 1 is 0.692 bits per heavy atom. The van der Waals surface area contributed by atoms with Crippen LogP contribution in [0.25, 0.3) is 0 Å². The van der Waals surface area contributed by atoms with Crippen LogP contribution in [0.3, 0.4) is 0 Å². The molecule has 0 saturated heterocycles. The zero-order valence-electron chi connectivity index (χ0n) is 12.4. The Hall–Kier alpha value is -0.0473. The summed E-state index contributed by atoms with van der Waals surface area (Å²) in [7, 11) is 0. The van der Waals surface area contributed by atoms with Gasteiger partial charge in [0.05, 0.1) is 22.3 Å². The normalized spacial score (nSPS) is 13.7. The number of carbonyl (C=O) groups excluding carboxylic acids is 4. The molecule has 0 radical (unpaired) electrons. The molecule has 2 aliphatic rings. The molecule has 0 bridgehead atoms. The van der Waals surface area contributed by atoms with Crippen molar-refractivity contribution in [3.63, 3.8) is 0 Å². The van der Waals surface area contributed by atoms with E-state index in [2.05, 4.69) is 5.32 Å². The predicted octanol–water partition coefficient (Wildman–Crippen LogP) is -0.494. The van der Waals surface area contributed by atoms with Crippen LogP contribution in [0.2, 0.25) is 0 Å². The van der Waals surface area contributed by atoms with Crippen LogP contribution in [-0.4, -0.2) is 143 Å². The molecule has 0 aromatic heterocycles. The van der Waals surface area contributed by atoms with Gasteiger partial charge in [-0.3, -0.25) is 29.4 Å². The molecular weight excluding hydrogens is 390 g/mol. The molecule has 0 spiro atoms. The van der Waals surface area contributed by atoms with Gasteiger partial charge >= 0.3 is 103 Å². The van der Waals surface area contributed by atoms with Gasteiger partial charge in [-0.2, -0.15) is 0 Å². The number of aliphatic hydroxyl groups is 1. The zero-order valence-corrected chi connectivity index (χ0v) is 12.4. The number of carbonyl (C=O) groups is 4. The summed E-state index contributed by atoms with van der Waals surface area (Å²) in [5.41, 5.74) is 1.66. The van der Waals surface area contributed by atoms with Crippen LogP contribution in [0.4, 0.5) is 0 Å². The van der Waals surface area contributed by atoms with Crippen LogP contribution >= 0.6 is 0 Å². The van der Waals surface area contributed by atoms with Crippen LogP contribution in [0.1, 0.15) is 41.4 Å². The summed E-state index contributed by atoms with van der Waals surface area (Å²) in [5, 5.41) is 11.0. The molecule has 26 heavy (non-hydrogen) atoms. The fourth-order valence-electron chi connectivity index (χ4n) is 2.48. The van der Waals surface area contributed by atoms with Crippen molar-refractivity contribution < 1.29 is 24.3 Å². The summed E-state index contributed by atoms with van der Waals surface area (Å²) in [4.78, 5) is 45.5. The molecular formula is C17H14K2N2O5. The van der Waals surface area contributed by atoms with E-state index in [0.717, 1.165) is 4.90 Å². The van der Waals surface area contributed by atoms with E-state index < -0.39 is 18.5 Å². The molecule has 2 heterocycles. The van der Waals surface area contributed by atoms with Crippen molar-refractivity contribution in [3.05, 3.63) is 70.8 Å². The van der Waals surface area contributed by atoms with Crippen molar-refractivity contribution in [3.8, 4) is 0 Å². The van der Waals surface area contributed by atoms with Crippen molar-refractivity contribution in [1.82, 2.24) is 10.2 Å². The second-order valence-electron chi connectivity index (χ2n) is 5.05. The van der Waals surface area contributed by atoms with Gasteiger partial charge in [-0.15, -0.1) is 0 Å². The Morgan fingerprint density at radius 3 is 1.38 bits per heavy atom. The van der Waals surface area contributed by atoms with Crippen molar-refractivity contribution >= 4 is 126 Å². The average molecular weight is 405 g/mol. The van der Waals surface area contributed by atoms with Gasteiger partial charge in [-0.25, -0.2) is 0 Å². The number of nitrogens with one attached hydrogen (secondary N) is 1. The first-order chi connectivity index (χ1) is 11.5. The van der Waals surface area contributed by atoms with Gasteiger partial charge in [0.2, 0.25) is 0 Å². The number of nitrogens with zero attached hydrogens (tertiary/aromatic N) is 1.